The minimum Gasteiger partial charge on any atom is -0.317 e. The molecule has 1 aliphatic carbocycles. The standard InChI is InChI=1S/C20H22N2OS2/c1-13-3-6-15(7-4-13)24-10-9-19(23)22-20-17(12-21)16-8-5-14(2)11-18(16)25-20/h3-4,6-7,14H,5,8-11H2,1-2H3,(H,22,23)/t14-/m0/s1. The third-order valence-corrected chi connectivity index (χ3v) is 6.68. The summed E-state index contributed by atoms with van der Waals surface area (Å²) in [6, 6.07) is 10.6. The molecule has 3 rings (SSSR count). The second kappa shape index (κ2) is 8.07. The number of fused-ring (bicyclic) bond motifs is 1. The van der Waals surface area contributed by atoms with Crippen LogP contribution in [0, 0.1) is 24.2 Å². The van der Waals surface area contributed by atoms with Gasteiger partial charge in [-0.3, -0.25) is 4.79 Å². The van der Waals surface area contributed by atoms with Crippen LogP contribution < -0.4 is 5.32 Å². The summed E-state index contributed by atoms with van der Waals surface area (Å²) in [7, 11) is 0. The Kier molecular flexibility index (Phi) is 5.82. The van der Waals surface area contributed by atoms with Crippen LogP contribution in [0.3, 0.4) is 0 Å². The molecule has 1 atom stereocenters. The molecule has 1 amide bonds. The monoisotopic (exact) mass is 370 g/mol. The molecule has 130 valence electrons. The highest BCUT2D eigenvalue weighted by molar-refractivity contribution is 7.99. The van der Waals surface area contributed by atoms with Crippen molar-refractivity contribution >= 4 is 34.0 Å². The highest BCUT2D eigenvalue weighted by atomic mass is 32.2. The number of anilines is 1. The van der Waals surface area contributed by atoms with Crippen LogP contribution >= 0.6 is 23.1 Å². The van der Waals surface area contributed by atoms with Gasteiger partial charge in [0.2, 0.25) is 5.91 Å². The lowest BCUT2D eigenvalue weighted by molar-refractivity contribution is -0.115. The van der Waals surface area contributed by atoms with Crippen molar-refractivity contribution < 1.29 is 4.79 Å². The lowest BCUT2D eigenvalue weighted by Gasteiger charge is -2.17. The van der Waals surface area contributed by atoms with E-state index in [2.05, 4.69) is 49.5 Å². The van der Waals surface area contributed by atoms with Gasteiger partial charge in [0.1, 0.15) is 11.1 Å². The molecular weight excluding hydrogens is 348 g/mol. The van der Waals surface area contributed by atoms with Gasteiger partial charge in [0.05, 0.1) is 5.56 Å². The van der Waals surface area contributed by atoms with Crippen molar-refractivity contribution in [2.24, 2.45) is 5.92 Å². The number of benzene rings is 1. The van der Waals surface area contributed by atoms with Crippen LogP contribution in [0.5, 0.6) is 0 Å². The number of amides is 1. The quantitative estimate of drug-likeness (QED) is 0.738. The van der Waals surface area contributed by atoms with Crippen LogP contribution in [0.4, 0.5) is 5.00 Å². The number of thioether (sulfide) groups is 1. The lowest BCUT2D eigenvalue weighted by atomic mass is 9.89. The van der Waals surface area contributed by atoms with E-state index in [1.165, 1.54) is 15.3 Å². The minimum atomic E-state index is -0.0113. The van der Waals surface area contributed by atoms with Crippen LogP contribution in [0.1, 0.15) is 41.3 Å². The van der Waals surface area contributed by atoms with E-state index in [1.54, 1.807) is 23.1 Å². The van der Waals surface area contributed by atoms with Gasteiger partial charge in [-0.05, 0) is 49.8 Å². The number of carbonyl (C=O) groups is 1. The molecule has 0 radical (unpaired) electrons. The maximum absolute atomic E-state index is 12.3. The predicted molar refractivity (Wildman–Crippen MR) is 105 cm³/mol. The third kappa shape index (κ3) is 4.45. The highest BCUT2D eigenvalue weighted by Gasteiger charge is 2.24. The number of nitriles is 1. The topological polar surface area (TPSA) is 52.9 Å². The Hall–Kier alpha value is -1.77. The molecule has 0 bridgehead atoms. The number of nitrogens with one attached hydrogen (secondary N) is 1. The maximum Gasteiger partial charge on any atom is 0.225 e. The summed E-state index contributed by atoms with van der Waals surface area (Å²) in [5.74, 6) is 1.38. The Labute approximate surface area is 157 Å². The molecule has 0 spiro atoms. The summed E-state index contributed by atoms with van der Waals surface area (Å²) in [5, 5.41) is 13.2. The van der Waals surface area contributed by atoms with E-state index >= 15 is 0 Å². The highest BCUT2D eigenvalue weighted by Crippen LogP contribution is 2.39. The molecule has 5 heteroatoms. The van der Waals surface area contributed by atoms with Crippen molar-refractivity contribution in [1.82, 2.24) is 0 Å². The first kappa shape index (κ1) is 18.0. The maximum atomic E-state index is 12.3. The Balaban J connectivity index is 1.58. The number of thiophene rings is 1. The molecule has 0 unspecified atom stereocenters. The largest absolute Gasteiger partial charge is 0.317 e. The van der Waals surface area contributed by atoms with Crippen molar-refractivity contribution in [3.8, 4) is 6.07 Å². The number of nitrogens with zero attached hydrogens (tertiary/aromatic N) is 1. The third-order valence-electron chi connectivity index (χ3n) is 4.50. The fourth-order valence-corrected chi connectivity index (χ4v) is 5.27. The minimum absolute atomic E-state index is 0.0113. The molecule has 2 aromatic rings. The molecule has 1 aliphatic rings. The molecule has 1 N–H and O–H groups in total. The van der Waals surface area contributed by atoms with Crippen molar-refractivity contribution in [2.45, 2.75) is 44.4 Å². The molecule has 1 heterocycles. The van der Waals surface area contributed by atoms with Crippen LogP contribution in [0.15, 0.2) is 29.2 Å². The van der Waals surface area contributed by atoms with Crippen LogP contribution in [-0.4, -0.2) is 11.7 Å². The number of hydrogen-bond donors (Lipinski definition) is 1. The van der Waals surface area contributed by atoms with E-state index in [9.17, 15) is 10.1 Å². The van der Waals surface area contributed by atoms with Gasteiger partial charge in [-0.2, -0.15) is 5.26 Å². The van der Waals surface area contributed by atoms with E-state index in [0.717, 1.165) is 35.6 Å². The molecule has 0 fully saturated rings. The molecule has 25 heavy (non-hydrogen) atoms. The van der Waals surface area contributed by atoms with E-state index in [-0.39, 0.29) is 5.91 Å². The number of hydrogen-bond acceptors (Lipinski definition) is 4. The Morgan fingerprint density at radius 2 is 2.16 bits per heavy atom. The van der Waals surface area contributed by atoms with Crippen molar-refractivity contribution in [3.63, 3.8) is 0 Å². The van der Waals surface area contributed by atoms with Gasteiger partial charge in [0.15, 0.2) is 0 Å². The van der Waals surface area contributed by atoms with Gasteiger partial charge < -0.3 is 5.32 Å². The van der Waals surface area contributed by atoms with E-state index in [4.69, 9.17) is 0 Å². The number of rotatable bonds is 5. The van der Waals surface area contributed by atoms with E-state index in [1.807, 2.05) is 0 Å². The molecule has 0 saturated carbocycles. The van der Waals surface area contributed by atoms with Gasteiger partial charge in [0, 0.05) is 21.9 Å². The second-order valence-corrected chi connectivity index (χ2v) is 8.90. The van der Waals surface area contributed by atoms with Gasteiger partial charge >= 0.3 is 0 Å². The first-order chi connectivity index (χ1) is 12.1. The molecular formula is C20H22N2OS2. The number of aryl methyl sites for hydroxylation is 1. The fraction of sp³-hybridized carbons (Fsp3) is 0.400. The van der Waals surface area contributed by atoms with Crippen molar-refractivity contribution in [1.29, 1.82) is 5.26 Å². The zero-order valence-electron chi connectivity index (χ0n) is 14.6. The molecule has 1 aromatic carbocycles. The first-order valence-corrected chi connectivity index (χ1v) is 10.4. The smallest absolute Gasteiger partial charge is 0.225 e. The summed E-state index contributed by atoms with van der Waals surface area (Å²) in [5.41, 5.74) is 3.09. The number of carbonyl (C=O) groups excluding carboxylic acids is 1. The molecule has 0 aliphatic heterocycles. The summed E-state index contributed by atoms with van der Waals surface area (Å²) in [6.45, 7) is 4.31. The Morgan fingerprint density at radius 1 is 1.40 bits per heavy atom. The van der Waals surface area contributed by atoms with Gasteiger partial charge in [-0.1, -0.05) is 24.6 Å². The second-order valence-electron chi connectivity index (χ2n) is 6.63. The Bertz CT molecular complexity index is 802. The van der Waals surface area contributed by atoms with Crippen LogP contribution in [-0.2, 0) is 17.6 Å². The molecule has 3 nitrogen and oxygen atoms in total. The summed E-state index contributed by atoms with van der Waals surface area (Å²) in [6.07, 6.45) is 3.55. The summed E-state index contributed by atoms with van der Waals surface area (Å²) in [4.78, 5) is 14.7. The SMILES string of the molecule is Cc1ccc(SCCC(=O)Nc2sc3c(c2C#N)CC[C@H](C)C3)cc1. The Morgan fingerprint density at radius 3 is 2.88 bits per heavy atom. The van der Waals surface area contributed by atoms with Gasteiger partial charge in [-0.25, -0.2) is 0 Å². The fourth-order valence-electron chi connectivity index (χ4n) is 3.04. The van der Waals surface area contributed by atoms with E-state index < -0.39 is 0 Å². The average molecular weight is 371 g/mol. The summed E-state index contributed by atoms with van der Waals surface area (Å²) >= 11 is 3.27. The average Bonchev–Trinajstić information content (AvgIpc) is 2.92. The van der Waals surface area contributed by atoms with Crippen molar-refractivity contribution in [2.75, 3.05) is 11.1 Å². The molecule has 1 aromatic heterocycles. The first-order valence-electron chi connectivity index (χ1n) is 8.60. The van der Waals surface area contributed by atoms with Crippen LogP contribution in [0.2, 0.25) is 0 Å². The zero-order chi connectivity index (χ0) is 17.8. The zero-order valence-corrected chi connectivity index (χ0v) is 16.2. The lowest BCUT2D eigenvalue weighted by Crippen LogP contribution is -2.12. The predicted octanol–water partition coefficient (Wildman–Crippen LogP) is 5.17. The van der Waals surface area contributed by atoms with E-state index in [0.29, 0.717) is 17.9 Å². The van der Waals surface area contributed by atoms with Gasteiger partial charge in [0.25, 0.3) is 0 Å². The normalized spacial score (nSPS) is 16.1. The van der Waals surface area contributed by atoms with Crippen molar-refractivity contribution in [3.05, 3.63) is 45.8 Å². The van der Waals surface area contributed by atoms with Gasteiger partial charge in [-0.15, -0.1) is 23.1 Å². The summed E-state index contributed by atoms with van der Waals surface area (Å²) < 4.78 is 0. The van der Waals surface area contributed by atoms with Crippen LogP contribution in [0.25, 0.3) is 0 Å². The molecule has 0 saturated heterocycles.